The standard InChI is InChI=1S/C22H23FN4O2/c23-16-5-3-4-14(10-16)21(28)27-17-11-20(26-13-17)22(29)24-9-8-15-12-25-19-7-2-1-6-18(15)19/h1-7,10,12,17,20,25-26H,8-9,11,13H2,(H,24,29)(H,27,28)/t17-,20+/m1/s1. The molecule has 1 aliphatic rings. The predicted octanol–water partition coefficient (Wildman–Crippen LogP) is 2.13. The highest BCUT2D eigenvalue weighted by atomic mass is 19.1. The van der Waals surface area contributed by atoms with Gasteiger partial charge in [-0.25, -0.2) is 4.39 Å². The van der Waals surface area contributed by atoms with Gasteiger partial charge in [0.15, 0.2) is 0 Å². The fourth-order valence-electron chi connectivity index (χ4n) is 3.73. The van der Waals surface area contributed by atoms with Crippen molar-refractivity contribution in [3.8, 4) is 0 Å². The van der Waals surface area contributed by atoms with Gasteiger partial charge in [0.05, 0.1) is 6.04 Å². The Hall–Kier alpha value is -3.19. The Bertz CT molecular complexity index is 1030. The molecule has 1 aliphatic heterocycles. The van der Waals surface area contributed by atoms with Gasteiger partial charge in [0.2, 0.25) is 5.91 Å². The summed E-state index contributed by atoms with van der Waals surface area (Å²) < 4.78 is 13.3. The second-order valence-electron chi connectivity index (χ2n) is 7.28. The zero-order valence-electron chi connectivity index (χ0n) is 15.9. The van der Waals surface area contributed by atoms with Crippen LogP contribution in [0.5, 0.6) is 0 Å². The van der Waals surface area contributed by atoms with E-state index in [0.29, 0.717) is 19.5 Å². The molecule has 1 saturated heterocycles. The summed E-state index contributed by atoms with van der Waals surface area (Å²) in [7, 11) is 0. The Morgan fingerprint density at radius 2 is 2.00 bits per heavy atom. The second kappa shape index (κ2) is 8.45. The van der Waals surface area contributed by atoms with Crippen LogP contribution in [0.2, 0.25) is 0 Å². The topological polar surface area (TPSA) is 86.0 Å². The summed E-state index contributed by atoms with van der Waals surface area (Å²) in [6, 6.07) is 13.1. The maximum atomic E-state index is 13.3. The molecule has 2 atom stereocenters. The number of H-pyrrole nitrogens is 1. The van der Waals surface area contributed by atoms with E-state index in [1.54, 1.807) is 6.07 Å². The van der Waals surface area contributed by atoms with Gasteiger partial charge in [0.1, 0.15) is 5.82 Å². The van der Waals surface area contributed by atoms with Crippen LogP contribution in [0.4, 0.5) is 4.39 Å². The molecule has 7 heteroatoms. The van der Waals surface area contributed by atoms with Gasteiger partial charge < -0.3 is 20.9 Å². The summed E-state index contributed by atoms with van der Waals surface area (Å²) in [6.07, 6.45) is 3.21. The van der Waals surface area contributed by atoms with E-state index in [-0.39, 0.29) is 29.5 Å². The Balaban J connectivity index is 1.24. The molecular formula is C22H23FN4O2. The van der Waals surface area contributed by atoms with Crippen LogP contribution in [-0.4, -0.2) is 42.0 Å². The summed E-state index contributed by atoms with van der Waals surface area (Å²) in [5, 5.41) is 10.1. The number of rotatable bonds is 6. The molecule has 29 heavy (non-hydrogen) atoms. The number of benzene rings is 2. The molecule has 0 aliphatic carbocycles. The quantitative estimate of drug-likeness (QED) is 0.517. The highest BCUT2D eigenvalue weighted by Crippen LogP contribution is 2.17. The summed E-state index contributed by atoms with van der Waals surface area (Å²) in [6.45, 7) is 1.04. The smallest absolute Gasteiger partial charge is 0.251 e. The molecule has 3 aromatic rings. The third kappa shape index (κ3) is 4.46. The van der Waals surface area contributed by atoms with Gasteiger partial charge in [-0.2, -0.15) is 0 Å². The molecule has 1 fully saturated rings. The number of hydrogen-bond acceptors (Lipinski definition) is 3. The van der Waals surface area contributed by atoms with Crippen molar-refractivity contribution < 1.29 is 14.0 Å². The van der Waals surface area contributed by atoms with E-state index in [1.165, 1.54) is 29.1 Å². The fraction of sp³-hybridized carbons (Fsp3) is 0.273. The maximum Gasteiger partial charge on any atom is 0.251 e. The van der Waals surface area contributed by atoms with Crippen molar-refractivity contribution in [1.82, 2.24) is 20.9 Å². The number of halogens is 1. The first kappa shape index (κ1) is 19.1. The van der Waals surface area contributed by atoms with Gasteiger partial charge in [0.25, 0.3) is 5.91 Å². The van der Waals surface area contributed by atoms with Gasteiger partial charge in [0, 0.05) is 41.8 Å². The second-order valence-corrected chi connectivity index (χ2v) is 7.28. The van der Waals surface area contributed by atoms with E-state index < -0.39 is 5.82 Å². The molecule has 2 heterocycles. The molecule has 0 radical (unpaired) electrons. The van der Waals surface area contributed by atoms with Crippen LogP contribution in [0.3, 0.4) is 0 Å². The van der Waals surface area contributed by atoms with Crippen molar-refractivity contribution in [3.63, 3.8) is 0 Å². The number of carbonyl (C=O) groups is 2. The Morgan fingerprint density at radius 1 is 1.14 bits per heavy atom. The monoisotopic (exact) mass is 394 g/mol. The molecular weight excluding hydrogens is 371 g/mol. The lowest BCUT2D eigenvalue weighted by Gasteiger charge is -2.13. The van der Waals surface area contributed by atoms with Gasteiger partial charge in [-0.05, 0) is 42.7 Å². The minimum atomic E-state index is -0.449. The van der Waals surface area contributed by atoms with Crippen molar-refractivity contribution in [2.45, 2.75) is 24.9 Å². The van der Waals surface area contributed by atoms with Gasteiger partial charge in [-0.3, -0.25) is 9.59 Å². The molecule has 2 amide bonds. The molecule has 0 bridgehead atoms. The number of para-hydroxylation sites is 1. The first-order chi connectivity index (χ1) is 14.1. The molecule has 6 nitrogen and oxygen atoms in total. The third-order valence-electron chi connectivity index (χ3n) is 5.24. The lowest BCUT2D eigenvalue weighted by molar-refractivity contribution is -0.122. The van der Waals surface area contributed by atoms with Gasteiger partial charge >= 0.3 is 0 Å². The van der Waals surface area contributed by atoms with Crippen LogP contribution >= 0.6 is 0 Å². The van der Waals surface area contributed by atoms with Crippen molar-refractivity contribution in [2.24, 2.45) is 0 Å². The van der Waals surface area contributed by atoms with Crippen LogP contribution in [0.1, 0.15) is 22.3 Å². The molecule has 150 valence electrons. The highest BCUT2D eigenvalue weighted by Gasteiger charge is 2.30. The molecule has 2 aromatic carbocycles. The first-order valence-electron chi connectivity index (χ1n) is 9.72. The number of amides is 2. The lowest BCUT2D eigenvalue weighted by atomic mass is 10.1. The first-order valence-corrected chi connectivity index (χ1v) is 9.72. The van der Waals surface area contributed by atoms with E-state index >= 15 is 0 Å². The molecule has 0 unspecified atom stereocenters. The van der Waals surface area contributed by atoms with Crippen molar-refractivity contribution >= 4 is 22.7 Å². The predicted molar refractivity (Wildman–Crippen MR) is 109 cm³/mol. The van der Waals surface area contributed by atoms with Crippen molar-refractivity contribution in [3.05, 3.63) is 71.7 Å². The molecule has 4 N–H and O–H groups in total. The van der Waals surface area contributed by atoms with Crippen molar-refractivity contribution in [2.75, 3.05) is 13.1 Å². The highest BCUT2D eigenvalue weighted by molar-refractivity contribution is 5.94. The Labute approximate surface area is 167 Å². The molecule has 4 rings (SSSR count). The Morgan fingerprint density at radius 3 is 2.86 bits per heavy atom. The lowest BCUT2D eigenvalue weighted by Crippen LogP contribution is -2.41. The van der Waals surface area contributed by atoms with Crippen LogP contribution < -0.4 is 16.0 Å². The summed E-state index contributed by atoms with van der Waals surface area (Å²) >= 11 is 0. The number of nitrogens with one attached hydrogen (secondary N) is 4. The zero-order chi connectivity index (χ0) is 20.2. The largest absolute Gasteiger partial charge is 0.361 e. The normalized spacial score (nSPS) is 18.7. The fourth-order valence-corrected chi connectivity index (χ4v) is 3.73. The zero-order valence-corrected chi connectivity index (χ0v) is 15.9. The van der Waals surface area contributed by atoms with E-state index in [0.717, 1.165) is 11.9 Å². The minimum Gasteiger partial charge on any atom is -0.361 e. The van der Waals surface area contributed by atoms with Crippen LogP contribution in [0, 0.1) is 5.82 Å². The van der Waals surface area contributed by atoms with E-state index in [2.05, 4.69) is 27.0 Å². The summed E-state index contributed by atoms with van der Waals surface area (Å²) in [5.74, 6) is -0.862. The number of aromatic amines is 1. The summed E-state index contributed by atoms with van der Waals surface area (Å²) in [5.41, 5.74) is 2.53. The van der Waals surface area contributed by atoms with Crippen LogP contribution in [0.25, 0.3) is 10.9 Å². The van der Waals surface area contributed by atoms with E-state index in [9.17, 15) is 14.0 Å². The summed E-state index contributed by atoms with van der Waals surface area (Å²) in [4.78, 5) is 27.9. The number of hydrogen-bond donors (Lipinski definition) is 4. The van der Waals surface area contributed by atoms with E-state index in [4.69, 9.17) is 0 Å². The average Bonchev–Trinajstić information content (AvgIpc) is 3.35. The molecule has 0 spiro atoms. The number of fused-ring (bicyclic) bond motifs is 1. The van der Waals surface area contributed by atoms with Gasteiger partial charge in [-0.15, -0.1) is 0 Å². The van der Waals surface area contributed by atoms with Crippen LogP contribution in [-0.2, 0) is 11.2 Å². The average molecular weight is 394 g/mol. The van der Waals surface area contributed by atoms with Crippen LogP contribution in [0.15, 0.2) is 54.7 Å². The third-order valence-corrected chi connectivity index (χ3v) is 5.24. The SMILES string of the molecule is O=C(N[C@H]1CN[C@H](C(=O)NCCc2c[nH]c3ccccc23)C1)c1cccc(F)c1. The Kier molecular flexibility index (Phi) is 5.57. The number of aromatic nitrogens is 1. The van der Waals surface area contributed by atoms with Crippen molar-refractivity contribution in [1.29, 1.82) is 0 Å². The minimum absolute atomic E-state index is 0.0765. The molecule has 1 aromatic heterocycles. The number of carbonyl (C=O) groups excluding carboxylic acids is 2. The van der Waals surface area contributed by atoms with E-state index in [1.807, 2.05) is 24.4 Å². The molecule has 0 saturated carbocycles. The van der Waals surface area contributed by atoms with Gasteiger partial charge in [-0.1, -0.05) is 24.3 Å². The maximum absolute atomic E-state index is 13.3.